The third kappa shape index (κ3) is 1.44. The summed E-state index contributed by atoms with van der Waals surface area (Å²) in [5.41, 5.74) is 1.21. The molecule has 5 heteroatoms. The van der Waals surface area contributed by atoms with E-state index in [2.05, 4.69) is 0 Å². The van der Waals surface area contributed by atoms with Crippen LogP contribution in [0.1, 0.15) is 21.6 Å². The predicted molar refractivity (Wildman–Crippen MR) is 50.9 cm³/mol. The van der Waals surface area contributed by atoms with Gasteiger partial charge in [0.2, 0.25) is 0 Å². The van der Waals surface area contributed by atoms with Gasteiger partial charge in [-0.15, -0.1) is 0 Å². The van der Waals surface area contributed by atoms with Gasteiger partial charge in [0.05, 0.1) is 11.9 Å². The van der Waals surface area contributed by atoms with E-state index in [4.69, 9.17) is 15.9 Å². The molecule has 0 aliphatic rings. The van der Waals surface area contributed by atoms with Crippen molar-refractivity contribution in [3.8, 4) is 0 Å². The van der Waals surface area contributed by atoms with Gasteiger partial charge in [-0.2, -0.15) is 0 Å². The number of aromatic nitrogens is 1. The highest BCUT2D eigenvalue weighted by atomic mass is 16.4. The number of pyridine rings is 1. The van der Waals surface area contributed by atoms with Gasteiger partial charge < -0.3 is 5.11 Å². The molecule has 14 heavy (non-hydrogen) atoms. The van der Waals surface area contributed by atoms with Gasteiger partial charge in [0, 0.05) is 5.69 Å². The molecule has 0 atom stereocenters. The minimum absolute atomic E-state index is 0.111. The first-order chi connectivity index (χ1) is 6.49. The lowest BCUT2D eigenvalue weighted by Crippen LogP contribution is -2.25. The normalized spacial score (nSPS) is 9.86. The van der Waals surface area contributed by atoms with Crippen LogP contribution >= 0.6 is 0 Å². The van der Waals surface area contributed by atoms with Crippen LogP contribution in [0, 0.1) is 24.7 Å². The minimum atomic E-state index is -1.03. The number of hydrogen-bond donors (Lipinski definition) is 3. The molecule has 1 rings (SSSR count). The molecule has 5 nitrogen and oxygen atoms in total. The Balaban J connectivity index is 3.69. The lowest BCUT2D eigenvalue weighted by Gasteiger charge is -2.10. The second kappa shape index (κ2) is 3.45. The Labute approximate surface area is 80.6 Å². The van der Waals surface area contributed by atoms with Gasteiger partial charge in [-0.05, 0) is 25.5 Å². The molecule has 0 aliphatic heterocycles. The molecule has 0 amide bonds. The number of rotatable bonds is 2. The molecule has 0 radical (unpaired) electrons. The van der Waals surface area contributed by atoms with Gasteiger partial charge in [0.25, 0.3) is 0 Å². The Kier molecular flexibility index (Phi) is 2.51. The third-order valence-electron chi connectivity index (χ3n) is 2.07. The van der Waals surface area contributed by atoms with E-state index in [1.165, 1.54) is 10.6 Å². The maximum atomic E-state index is 10.9. The van der Waals surface area contributed by atoms with Gasteiger partial charge in [-0.1, -0.05) is 0 Å². The van der Waals surface area contributed by atoms with Gasteiger partial charge in [0.15, 0.2) is 0 Å². The first-order valence-electron chi connectivity index (χ1n) is 4.00. The fraction of sp³-hybridized carbons (Fsp3) is 0.222. The number of nitrogens with one attached hydrogen (secondary N) is 2. The molecule has 74 valence electrons. The summed E-state index contributed by atoms with van der Waals surface area (Å²) < 4.78 is 1.22. The molecule has 1 aromatic heterocycles. The summed E-state index contributed by atoms with van der Waals surface area (Å²) in [6, 6.07) is 1.43. The standard InChI is InChI=1S/C9H11N3O2/c1-5-3-7(11)12(4-10)6(2)8(5)9(13)14/h3-4,10-11H,1-2H3,(H,13,14). The maximum absolute atomic E-state index is 10.9. The number of hydrogen-bond acceptors (Lipinski definition) is 3. The largest absolute Gasteiger partial charge is 0.478 e. The Hall–Kier alpha value is -1.91. The highest BCUT2D eigenvalue weighted by Crippen LogP contribution is 2.09. The van der Waals surface area contributed by atoms with E-state index in [-0.39, 0.29) is 11.1 Å². The van der Waals surface area contributed by atoms with Crippen molar-refractivity contribution in [1.29, 1.82) is 10.8 Å². The van der Waals surface area contributed by atoms with Crippen molar-refractivity contribution in [2.24, 2.45) is 0 Å². The summed E-state index contributed by atoms with van der Waals surface area (Å²) in [5.74, 6) is -1.03. The SMILES string of the molecule is Cc1cc(=N)n(C=N)c(C)c1C(=O)O. The van der Waals surface area contributed by atoms with Crippen molar-refractivity contribution in [2.75, 3.05) is 0 Å². The van der Waals surface area contributed by atoms with E-state index in [0.717, 1.165) is 6.34 Å². The fourth-order valence-electron chi connectivity index (χ4n) is 1.42. The average molecular weight is 193 g/mol. The Morgan fingerprint density at radius 2 is 2.14 bits per heavy atom. The van der Waals surface area contributed by atoms with Crippen LogP contribution in [0.25, 0.3) is 0 Å². The molecule has 0 fully saturated rings. The maximum Gasteiger partial charge on any atom is 0.337 e. The summed E-state index contributed by atoms with van der Waals surface area (Å²) in [7, 11) is 0. The van der Waals surface area contributed by atoms with Crippen molar-refractivity contribution in [2.45, 2.75) is 13.8 Å². The molecule has 0 saturated heterocycles. The van der Waals surface area contributed by atoms with Crippen LogP contribution in [-0.4, -0.2) is 22.0 Å². The molecule has 0 aromatic carbocycles. The van der Waals surface area contributed by atoms with Crippen LogP contribution in [0.4, 0.5) is 0 Å². The average Bonchev–Trinajstić information content (AvgIpc) is 2.02. The number of carboxylic acids is 1. The van der Waals surface area contributed by atoms with Gasteiger partial charge in [-0.3, -0.25) is 15.4 Å². The molecule has 0 unspecified atom stereocenters. The summed E-state index contributed by atoms with van der Waals surface area (Å²) in [6.07, 6.45) is 0.934. The molecule has 1 aromatic rings. The molecule has 1 heterocycles. The van der Waals surface area contributed by atoms with Gasteiger partial charge >= 0.3 is 5.97 Å². The van der Waals surface area contributed by atoms with Crippen molar-refractivity contribution in [3.63, 3.8) is 0 Å². The third-order valence-corrected chi connectivity index (χ3v) is 2.07. The summed E-state index contributed by atoms with van der Waals surface area (Å²) >= 11 is 0. The zero-order valence-electron chi connectivity index (χ0n) is 7.96. The van der Waals surface area contributed by atoms with E-state index in [0.29, 0.717) is 11.3 Å². The van der Waals surface area contributed by atoms with Gasteiger partial charge in [0.1, 0.15) is 5.49 Å². The second-order valence-corrected chi connectivity index (χ2v) is 2.98. The fourth-order valence-corrected chi connectivity index (χ4v) is 1.42. The quantitative estimate of drug-likeness (QED) is 0.477. The highest BCUT2D eigenvalue weighted by molar-refractivity contribution is 5.91. The van der Waals surface area contributed by atoms with E-state index in [1.54, 1.807) is 13.8 Å². The van der Waals surface area contributed by atoms with E-state index < -0.39 is 5.97 Å². The van der Waals surface area contributed by atoms with Crippen LogP contribution in [0.3, 0.4) is 0 Å². The Bertz CT molecular complexity index is 460. The van der Waals surface area contributed by atoms with Crippen molar-refractivity contribution < 1.29 is 9.90 Å². The van der Waals surface area contributed by atoms with Crippen LogP contribution < -0.4 is 5.49 Å². The lowest BCUT2D eigenvalue weighted by molar-refractivity contribution is 0.0694. The van der Waals surface area contributed by atoms with Crippen LogP contribution in [-0.2, 0) is 0 Å². The van der Waals surface area contributed by atoms with Gasteiger partial charge in [-0.25, -0.2) is 4.79 Å². The van der Waals surface area contributed by atoms with E-state index in [1.807, 2.05) is 0 Å². The predicted octanol–water partition coefficient (Wildman–Crippen LogP) is 0.738. The van der Waals surface area contributed by atoms with Crippen molar-refractivity contribution in [3.05, 3.63) is 28.4 Å². The zero-order chi connectivity index (χ0) is 10.9. The minimum Gasteiger partial charge on any atom is -0.478 e. The van der Waals surface area contributed by atoms with E-state index >= 15 is 0 Å². The monoisotopic (exact) mass is 193 g/mol. The van der Waals surface area contributed by atoms with Crippen molar-refractivity contribution in [1.82, 2.24) is 4.57 Å². The smallest absolute Gasteiger partial charge is 0.337 e. The Morgan fingerprint density at radius 1 is 1.57 bits per heavy atom. The molecular weight excluding hydrogens is 182 g/mol. The number of carboxylic acid groups (broad SMARTS) is 1. The van der Waals surface area contributed by atoms with Crippen LogP contribution in [0.5, 0.6) is 0 Å². The van der Waals surface area contributed by atoms with Crippen LogP contribution in [0.15, 0.2) is 6.07 Å². The second-order valence-electron chi connectivity index (χ2n) is 2.98. The number of aromatic carboxylic acids is 1. The first kappa shape index (κ1) is 10.2. The lowest BCUT2D eigenvalue weighted by atomic mass is 10.1. The Morgan fingerprint density at radius 3 is 2.57 bits per heavy atom. The molecule has 3 N–H and O–H groups in total. The number of carbonyl (C=O) groups is 1. The topological polar surface area (TPSA) is 89.9 Å². The number of nitrogens with zero attached hydrogens (tertiary/aromatic N) is 1. The summed E-state index contributed by atoms with van der Waals surface area (Å²) in [4.78, 5) is 10.9. The highest BCUT2D eigenvalue weighted by Gasteiger charge is 2.13. The molecule has 0 saturated carbocycles. The molecule has 0 bridgehead atoms. The molecule has 0 spiro atoms. The van der Waals surface area contributed by atoms with Crippen molar-refractivity contribution >= 4 is 12.3 Å². The van der Waals surface area contributed by atoms with Crippen LogP contribution in [0.2, 0.25) is 0 Å². The number of aryl methyl sites for hydroxylation is 1. The first-order valence-corrected chi connectivity index (χ1v) is 4.00. The molecular formula is C9H11N3O2. The summed E-state index contributed by atoms with van der Waals surface area (Å²) in [5, 5.41) is 23.5. The zero-order valence-corrected chi connectivity index (χ0v) is 7.96. The molecule has 0 aliphatic carbocycles. The van der Waals surface area contributed by atoms with E-state index in [9.17, 15) is 4.79 Å². The summed E-state index contributed by atoms with van der Waals surface area (Å²) in [6.45, 7) is 3.22.